The molecule has 1 amide bonds. The molecule has 0 atom stereocenters. The lowest BCUT2D eigenvalue weighted by Crippen LogP contribution is -2.38. The van der Waals surface area contributed by atoms with Gasteiger partial charge in [-0.3, -0.25) is 14.9 Å². The molecule has 2 heterocycles. The Bertz CT molecular complexity index is 1160. The van der Waals surface area contributed by atoms with Gasteiger partial charge in [0.1, 0.15) is 5.56 Å². The summed E-state index contributed by atoms with van der Waals surface area (Å²) in [4.78, 5) is 29.5. The van der Waals surface area contributed by atoms with Gasteiger partial charge in [0.25, 0.3) is 5.91 Å². The topological polar surface area (TPSA) is 107 Å². The lowest BCUT2D eigenvalue weighted by atomic mass is 9.89. The number of nitrogens with one attached hydrogen (secondary N) is 1. The minimum atomic E-state index is -0.618. The summed E-state index contributed by atoms with van der Waals surface area (Å²) in [6.07, 6.45) is 3.58. The van der Waals surface area contributed by atoms with E-state index in [2.05, 4.69) is 11.1 Å². The molecule has 0 saturated carbocycles. The molecular formula is C23H25N3O6. The number of nitro benzene ring substituents is 1. The molecular weight excluding hydrogens is 414 g/mol. The Morgan fingerprint density at radius 2 is 1.78 bits per heavy atom. The second-order valence-electron chi connectivity index (χ2n) is 7.65. The summed E-state index contributed by atoms with van der Waals surface area (Å²) in [5.41, 5.74) is 1.84. The van der Waals surface area contributed by atoms with Crippen molar-refractivity contribution in [3.63, 3.8) is 0 Å². The van der Waals surface area contributed by atoms with Crippen LogP contribution in [0.1, 0.15) is 34.7 Å². The van der Waals surface area contributed by atoms with Crippen molar-refractivity contribution in [3.8, 4) is 17.2 Å². The van der Waals surface area contributed by atoms with Crippen LogP contribution in [0.5, 0.6) is 17.2 Å². The van der Waals surface area contributed by atoms with Crippen molar-refractivity contribution >= 4 is 22.5 Å². The van der Waals surface area contributed by atoms with E-state index in [0.29, 0.717) is 19.0 Å². The Hall–Kier alpha value is -3.75. The maximum atomic E-state index is 13.3. The number of nitro groups is 1. The maximum Gasteiger partial charge on any atom is 0.327 e. The number of aromatic nitrogens is 1. The fourth-order valence-corrected chi connectivity index (χ4v) is 4.48. The highest BCUT2D eigenvalue weighted by molar-refractivity contribution is 6.00. The number of benzene rings is 2. The average molecular weight is 439 g/mol. The zero-order valence-electron chi connectivity index (χ0n) is 18.2. The molecule has 0 unspecified atom stereocenters. The van der Waals surface area contributed by atoms with Gasteiger partial charge in [0.2, 0.25) is 11.5 Å². The Morgan fingerprint density at radius 1 is 1.09 bits per heavy atom. The third-order valence-corrected chi connectivity index (χ3v) is 6.06. The number of likely N-dealkylation sites (tertiary alicyclic amines) is 1. The van der Waals surface area contributed by atoms with Gasteiger partial charge >= 0.3 is 5.69 Å². The molecule has 1 aromatic heterocycles. The lowest BCUT2D eigenvalue weighted by Gasteiger charge is -2.32. The number of ether oxygens (including phenoxy) is 3. The van der Waals surface area contributed by atoms with Crippen molar-refractivity contribution < 1.29 is 23.9 Å². The Morgan fingerprint density at radius 3 is 2.41 bits per heavy atom. The van der Waals surface area contributed by atoms with E-state index >= 15 is 0 Å². The highest BCUT2D eigenvalue weighted by atomic mass is 16.6. The van der Waals surface area contributed by atoms with E-state index < -0.39 is 16.5 Å². The summed E-state index contributed by atoms with van der Waals surface area (Å²) >= 11 is 0. The van der Waals surface area contributed by atoms with Gasteiger partial charge < -0.3 is 24.1 Å². The van der Waals surface area contributed by atoms with Gasteiger partial charge in [0, 0.05) is 36.3 Å². The molecule has 1 saturated heterocycles. The van der Waals surface area contributed by atoms with Crippen LogP contribution in [0, 0.1) is 10.1 Å². The molecule has 2 aromatic carbocycles. The highest BCUT2D eigenvalue weighted by Crippen LogP contribution is 2.46. The number of hydrogen-bond acceptors (Lipinski definition) is 6. The smallest absolute Gasteiger partial charge is 0.327 e. The SMILES string of the molecule is COc1cc(C(=O)N2CCC(c3c[nH]c4ccccc34)CC2)c([N+](=O)[O-])c(OC)c1OC. The maximum absolute atomic E-state index is 13.3. The van der Waals surface area contributed by atoms with E-state index in [-0.39, 0.29) is 22.8 Å². The molecule has 1 aliphatic heterocycles. The number of aromatic amines is 1. The van der Waals surface area contributed by atoms with Crippen LogP contribution in [0.2, 0.25) is 0 Å². The van der Waals surface area contributed by atoms with Gasteiger partial charge in [-0.05, 0) is 30.4 Å². The van der Waals surface area contributed by atoms with E-state index in [1.54, 1.807) is 4.90 Å². The predicted molar refractivity (Wildman–Crippen MR) is 119 cm³/mol. The van der Waals surface area contributed by atoms with Crippen LogP contribution in [0.15, 0.2) is 36.5 Å². The molecule has 0 radical (unpaired) electrons. The fourth-order valence-electron chi connectivity index (χ4n) is 4.48. The van der Waals surface area contributed by atoms with Gasteiger partial charge in [-0.2, -0.15) is 0 Å². The Kier molecular flexibility index (Phi) is 5.89. The van der Waals surface area contributed by atoms with Crippen molar-refractivity contribution in [1.82, 2.24) is 9.88 Å². The number of fused-ring (bicyclic) bond motifs is 1. The minimum Gasteiger partial charge on any atom is -0.493 e. The number of piperidine rings is 1. The Labute approximate surface area is 185 Å². The first kappa shape index (κ1) is 21.5. The Balaban J connectivity index is 1.61. The number of nitrogens with zero attached hydrogens (tertiary/aromatic N) is 2. The van der Waals surface area contributed by atoms with E-state index in [9.17, 15) is 14.9 Å². The third kappa shape index (κ3) is 3.59. The number of carbonyl (C=O) groups is 1. The van der Waals surface area contributed by atoms with Crippen molar-refractivity contribution in [3.05, 3.63) is 57.8 Å². The normalized spacial score (nSPS) is 14.4. The van der Waals surface area contributed by atoms with Gasteiger partial charge in [-0.25, -0.2) is 0 Å². The molecule has 0 bridgehead atoms. The van der Waals surface area contributed by atoms with Crippen LogP contribution >= 0.6 is 0 Å². The van der Waals surface area contributed by atoms with Crippen molar-refractivity contribution in [2.24, 2.45) is 0 Å². The number of rotatable bonds is 6. The number of para-hydroxylation sites is 1. The van der Waals surface area contributed by atoms with Crippen LogP contribution in [0.4, 0.5) is 5.69 Å². The first-order valence-corrected chi connectivity index (χ1v) is 10.3. The summed E-state index contributed by atoms with van der Waals surface area (Å²) in [5, 5.41) is 13.0. The van der Waals surface area contributed by atoms with E-state index in [0.717, 1.165) is 18.4 Å². The summed E-state index contributed by atoms with van der Waals surface area (Å²) < 4.78 is 15.8. The molecule has 4 rings (SSSR count). The quantitative estimate of drug-likeness (QED) is 0.457. The van der Waals surface area contributed by atoms with Gasteiger partial charge in [-0.15, -0.1) is 0 Å². The monoisotopic (exact) mass is 439 g/mol. The van der Waals surface area contributed by atoms with Gasteiger partial charge in [0.05, 0.1) is 26.3 Å². The van der Waals surface area contributed by atoms with E-state index in [1.807, 2.05) is 24.4 Å². The van der Waals surface area contributed by atoms with Gasteiger partial charge in [0.15, 0.2) is 5.75 Å². The van der Waals surface area contributed by atoms with Crippen LogP contribution in [-0.4, -0.2) is 55.1 Å². The van der Waals surface area contributed by atoms with Crippen molar-refractivity contribution in [1.29, 1.82) is 0 Å². The first-order chi connectivity index (χ1) is 15.5. The molecule has 9 nitrogen and oxygen atoms in total. The second kappa shape index (κ2) is 8.78. The van der Waals surface area contributed by atoms with Crippen LogP contribution in [0.25, 0.3) is 10.9 Å². The summed E-state index contributed by atoms with van der Waals surface area (Å²) in [6, 6.07) is 9.50. The number of H-pyrrole nitrogens is 1. The average Bonchev–Trinajstić information content (AvgIpc) is 3.26. The summed E-state index contributed by atoms with van der Waals surface area (Å²) in [5.74, 6) is 0.0376. The predicted octanol–water partition coefficient (Wildman–Crippen LogP) is 4.12. The zero-order valence-corrected chi connectivity index (χ0v) is 18.2. The largest absolute Gasteiger partial charge is 0.493 e. The molecule has 1 N–H and O–H groups in total. The summed E-state index contributed by atoms with van der Waals surface area (Å²) in [6.45, 7) is 0.994. The molecule has 32 heavy (non-hydrogen) atoms. The van der Waals surface area contributed by atoms with E-state index in [4.69, 9.17) is 14.2 Å². The highest BCUT2D eigenvalue weighted by Gasteiger charge is 2.35. The third-order valence-electron chi connectivity index (χ3n) is 6.06. The number of carbonyl (C=O) groups excluding carboxylic acids is 1. The lowest BCUT2D eigenvalue weighted by molar-refractivity contribution is -0.386. The van der Waals surface area contributed by atoms with Crippen molar-refractivity contribution in [2.75, 3.05) is 34.4 Å². The minimum absolute atomic E-state index is 0.0740. The van der Waals surface area contributed by atoms with Crippen LogP contribution in [0.3, 0.4) is 0 Å². The molecule has 9 heteroatoms. The summed E-state index contributed by atoms with van der Waals surface area (Å²) in [7, 11) is 4.07. The van der Waals surface area contributed by atoms with Crippen molar-refractivity contribution in [2.45, 2.75) is 18.8 Å². The molecule has 1 fully saturated rings. The zero-order chi connectivity index (χ0) is 22.8. The second-order valence-corrected chi connectivity index (χ2v) is 7.65. The number of methoxy groups -OCH3 is 3. The number of hydrogen-bond donors (Lipinski definition) is 1. The van der Waals surface area contributed by atoms with Crippen LogP contribution in [-0.2, 0) is 0 Å². The van der Waals surface area contributed by atoms with E-state index in [1.165, 1.54) is 38.3 Å². The van der Waals surface area contributed by atoms with Crippen LogP contribution < -0.4 is 14.2 Å². The first-order valence-electron chi connectivity index (χ1n) is 10.3. The molecule has 0 spiro atoms. The molecule has 3 aromatic rings. The molecule has 1 aliphatic rings. The fraction of sp³-hybridized carbons (Fsp3) is 0.348. The molecule has 0 aliphatic carbocycles. The van der Waals surface area contributed by atoms with Gasteiger partial charge in [-0.1, -0.05) is 18.2 Å². The standard InChI is InChI=1S/C23H25N3O6/c1-30-19-12-16(20(26(28)29)22(32-3)21(19)31-2)23(27)25-10-8-14(9-11-25)17-13-24-18-7-5-4-6-15(17)18/h4-7,12-14,24H,8-11H2,1-3H3. The molecule has 168 valence electrons. The number of amides is 1.